The van der Waals surface area contributed by atoms with Crippen molar-refractivity contribution in [2.45, 2.75) is 25.2 Å². The second-order valence-electron chi connectivity index (χ2n) is 7.05. The Kier molecular flexibility index (Phi) is 5.08. The van der Waals surface area contributed by atoms with Crippen LogP contribution in [0.1, 0.15) is 12.8 Å². The van der Waals surface area contributed by atoms with Crippen molar-refractivity contribution in [2.75, 3.05) is 23.3 Å². The van der Waals surface area contributed by atoms with Crippen molar-refractivity contribution >= 4 is 22.3 Å². The molecule has 3 aromatic rings. The van der Waals surface area contributed by atoms with Crippen molar-refractivity contribution in [3.05, 3.63) is 65.0 Å². The van der Waals surface area contributed by atoms with Crippen molar-refractivity contribution in [1.82, 2.24) is 4.98 Å². The summed E-state index contributed by atoms with van der Waals surface area (Å²) in [7, 11) is 0. The van der Waals surface area contributed by atoms with Gasteiger partial charge in [-0.05, 0) is 31.0 Å². The molecule has 0 radical (unpaired) electrons. The Balaban J connectivity index is 1.43. The summed E-state index contributed by atoms with van der Waals surface area (Å²) in [6.07, 6.45) is -3.11. The number of nitrogens with one attached hydrogen (secondary N) is 2. The zero-order valence-electron chi connectivity index (χ0n) is 15.5. The van der Waals surface area contributed by atoms with Gasteiger partial charge in [0.15, 0.2) is 0 Å². The molecule has 2 aromatic carbocycles. The number of pyridine rings is 1. The fourth-order valence-corrected chi connectivity index (χ4v) is 3.73. The van der Waals surface area contributed by atoms with Crippen LogP contribution in [-0.4, -0.2) is 30.5 Å². The lowest BCUT2D eigenvalue weighted by molar-refractivity contribution is -0.274. The Bertz CT molecular complexity index is 1060. The Labute approximate surface area is 165 Å². The second-order valence-corrected chi connectivity index (χ2v) is 7.05. The lowest BCUT2D eigenvalue weighted by Gasteiger charge is -2.35. The molecule has 1 saturated heterocycles. The van der Waals surface area contributed by atoms with Crippen LogP contribution in [0.3, 0.4) is 0 Å². The third-order valence-electron chi connectivity index (χ3n) is 5.00. The number of para-hydroxylation sites is 1. The molecule has 1 aromatic heterocycles. The Hall–Kier alpha value is -3.16. The highest BCUT2D eigenvalue weighted by Gasteiger charge is 2.31. The number of hydrogen-bond acceptors (Lipinski definition) is 4. The van der Waals surface area contributed by atoms with E-state index >= 15 is 0 Å². The molecular formula is C21H20F3N3O2. The van der Waals surface area contributed by atoms with E-state index in [1.54, 1.807) is 12.1 Å². The first-order valence-corrected chi connectivity index (χ1v) is 9.37. The van der Waals surface area contributed by atoms with Gasteiger partial charge in [-0.15, -0.1) is 13.2 Å². The molecule has 2 N–H and O–H groups in total. The molecular weight excluding hydrogens is 383 g/mol. The fourth-order valence-electron chi connectivity index (χ4n) is 3.73. The number of nitrogens with zero attached hydrogens (tertiary/aromatic N) is 1. The smallest absolute Gasteiger partial charge is 0.406 e. The van der Waals surface area contributed by atoms with Crippen molar-refractivity contribution in [1.29, 1.82) is 0 Å². The van der Waals surface area contributed by atoms with E-state index in [0.717, 1.165) is 42.5 Å². The lowest BCUT2D eigenvalue weighted by atomic mass is 10.0. The van der Waals surface area contributed by atoms with E-state index in [2.05, 4.69) is 19.9 Å². The van der Waals surface area contributed by atoms with Gasteiger partial charge in [0.25, 0.3) is 0 Å². The molecule has 5 nitrogen and oxygen atoms in total. The maximum absolute atomic E-state index is 12.4. The first-order chi connectivity index (χ1) is 13.9. The van der Waals surface area contributed by atoms with Gasteiger partial charge in [0.1, 0.15) is 5.75 Å². The van der Waals surface area contributed by atoms with Gasteiger partial charge in [-0.3, -0.25) is 4.79 Å². The standard InChI is InChI=1S/C21H20F3N3O2/c22-21(23,24)29-16-5-3-4-15(12-16)25-14-8-10-27(11-9-14)19-13-20(28)26-18-7-2-1-6-17(18)19/h1-7,12-14,25H,8-11H2,(H,26,28). The highest BCUT2D eigenvalue weighted by molar-refractivity contribution is 5.91. The van der Waals surface area contributed by atoms with Crippen LogP contribution < -0.4 is 20.5 Å². The number of halogens is 3. The SMILES string of the molecule is O=c1cc(N2CCC(Nc3cccc(OC(F)(F)F)c3)CC2)c2ccccc2[nH]1. The molecule has 0 amide bonds. The van der Waals surface area contributed by atoms with Crippen molar-refractivity contribution < 1.29 is 17.9 Å². The molecule has 0 saturated carbocycles. The predicted octanol–water partition coefficient (Wildman–Crippen LogP) is 4.51. The number of fused-ring (bicyclic) bond motifs is 1. The molecule has 8 heteroatoms. The summed E-state index contributed by atoms with van der Waals surface area (Å²) in [5, 5.41) is 4.28. The number of benzene rings is 2. The van der Waals surface area contributed by atoms with E-state index in [0.29, 0.717) is 5.69 Å². The van der Waals surface area contributed by atoms with Crippen molar-refractivity contribution in [3.8, 4) is 5.75 Å². The minimum Gasteiger partial charge on any atom is -0.406 e. The summed E-state index contributed by atoms with van der Waals surface area (Å²) in [4.78, 5) is 17.0. The second kappa shape index (κ2) is 7.69. The summed E-state index contributed by atoms with van der Waals surface area (Å²) < 4.78 is 41.2. The van der Waals surface area contributed by atoms with Gasteiger partial charge >= 0.3 is 6.36 Å². The van der Waals surface area contributed by atoms with Crippen LogP contribution in [0.4, 0.5) is 24.5 Å². The van der Waals surface area contributed by atoms with Gasteiger partial charge in [0.05, 0.1) is 11.2 Å². The van der Waals surface area contributed by atoms with Crippen LogP contribution >= 0.6 is 0 Å². The molecule has 1 aliphatic heterocycles. The monoisotopic (exact) mass is 403 g/mol. The number of ether oxygens (including phenoxy) is 1. The summed E-state index contributed by atoms with van der Waals surface area (Å²) in [5.41, 5.74) is 2.16. The Morgan fingerprint density at radius 1 is 1.03 bits per heavy atom. The number of aromatic amines is 1. The van der Waals surface area contributed by atoms with Crippen LogP contribution in [0, 0.1) is 0 Å². The van der Waals surface area contributed by atoms with E-state index < -0.39 is 6.36 Å². The average molecular weight is 403 g/mol. The Morgan fingerprint density at radius 3 is 2.55 bits per heavy atom. The molecule has 0 spiro atoms. The average Bonchev–Trinajstić information content (AvgIpc) is 2.67. The quantitative estimate of drug-likeness (QED) is 0.673. The van der Waals surface area contributed by atoms with Crippen LogP contribution in [0.15, 0.2) is 59.4 Å². The fraction of sp³-hybridized carbons (Fsp3) is 0.286. The third kappa shape index (κ3) is 4.64. The molecule has 1 fully saturated rings. The molecule has 152 valence electrons. The number of H-pyrrole nitrogens is 1. The summed E-state index contributed by atoms with van der Waals surface area (Å²) in [5.74, 6) is -0.241. The number of anilines is 2. The van der Waals surface area contributed by atoms with E-state index in [9.17, 15) is 18.0 Å². The maximum atomic E-state index is 12.4. The van der Waals surface area contributed by atoms with E-state index in [4.69, 9.17) is 0 Å². The molecule has 0 atom stereocenters. The molecule has 0 aliphatic carbocycles. The van der Waals surface area contributed by atoms with Gasteiger partial charge in [-0.1, -0.05) is 24.3 Å². The lowest BCUT2D eigenvalue weighted by Crippen LogP contribution is -2.39. The van der Waals surface area contributed by atoms with E-state index in [1.165, 1.54) is 18.2 Å². The number of aromatic nitrogens is 1. The van der Waals surface area contributed by atoms with Crippen LogP contribution in [0.5, 0.6) is 5.75 Å². The van der Waals surface area contributed by atoms with Crippen LogP contribution in [0.25, 0.3) is 10.9 Å². The summed E-state index contributed by atoms with van der Waals surface area (Å²) in [6, 6.07) is 15.3. The zero-order valence-corrected chi connectivity index (χ0v) is 15.5. The molecule has 1 aliphatic rings. The number of piperidine rings is 1. The van der Waals surface area contributed by atoms with Gasteiger partial charge in [0, 0.05) is 42.3 Å². The highest BCUT2D eigenvalue weighted by Crippen LogP contribution is 2.29. The van der Waals surface area contributed by atoms with Crippen molar-refractivity contribution in [3.63, 3.8) is 0 Å². The predicted molar refractivity (Wildman–Crippen MR) is 107 cm³/mol. The summed E-state index contributed by atoms with van der Waals surface area (Å²) >= 11 is 0. The van der Waals surface area contributed by atoms with Crippen LogP contribution in [0.2, 0.25) is 0 Å². The molecule has 0 unspecified atom stereocenters. The minimum absolute atomic E-state index is 0.126. The Morgan fingerprint density at radius 2 is 1.79 bits per heavy atom. The number of rotatable bonds is 4. The molecule has 0 bridgehead atoms. The minimum atomic E-state index is -4.71. The molecule has 4 rings (SSSR count). The molecule has 2 heterocycles. The topological polar surface area (TPSA) is 57.4 Å². The van der Waals surface area contributed by atoms with Gasteiger partial charge < -0.3 is 19.9 Å². The van der Waals surface area contributed by atoms with Gasteiger partial charge in [-0.2, -0.15) is 0 Å². The van der Waals surface area contributed by atoms with Crippen LogP contribution in [-0.2, 0) is 0 Å². The van der Waals surface area contributed by atoms with Gasteiger partial charge in [0.2, 0.25) is 5.56 Å². The largest absolute Gasteiger partial charge is 0.573 e. The van der Waals surface area contributed by atoms with Crippen molar-refractivity contribution in [2.24, 2.45) is 0 Å². The van der Waals surface area contributed by atoms with Gasteiger partial charge in [-0.25, -0.2) is 0 Å². The number of hydrogen-bond donors (Lipinski definition) is 2. The zero-order chi connectivity index (χ0) is 20.4. The highest BCUT2D eigenvalue weighted by atomic mass is 19.4. The first-order valence-electron chi connectivity index (χ1n) is 9.37. The first kappa shape index (κ1) is 19.2. The normalized spacial score (nSPS) is 15.5. The maximum Gasteiger partial charge on any atom is 0.573 e. The third-order valence-corrected chi connectivity index (χ3v) is 5.00. The molecule has 29 heavy (non-hydrogen) atoms. The van der Waals surface area contributed by atoms with E-state index in [-0.39, 0.29) is 17.4 Å². The number of alkyl halides is 3. The van der Waals surface area contributed by atoms with E-state index in [1.807, 2.05) is 24.3 Å². The summed E-state index contributed by atoms with van der Waals surface area (Å²) in [6.45, 7) is 1.48.